The molecule has 0 aromatic heterocycles. The van der Waals surface area contributed by atoms with E-state index >= 15 is 0 Å². The van der Waals surface area contributed by atoms with Gasteiger partial charge in [-0.25, -0.2) is 0 Å². The van der Waals surface area contributed by atoms with Crippen LogP contribution in [0.1, 0.15) is 25.7 Å². The van der Waals surface area contributed by atoms with Gasteiger partial charge in [-0.15, -0.1) is 0 Å². The highest BCUT2D eigenvalue weighted by Crippen LogP contribution is 2.29. The second kappa shape index (κ2) is 5.38. The maximum Gasteiger partial charge on any atom is 0.254 e. The fourth-order valence-electron chi connectivity index (χ4n) is 3.35. The molecule has 0 bridgehead atoms. The zero-order valence-electron chi connectivity index (χ0n) is 11.9. The summed E-state index contributed by atoms with van der Waals surface area (Å²) in [5, 5.41) is 3.30. The molecule has 5 nitrogen and oxygen atoms in total. The van der Waals surface area contributed by atoms with Crippen LogP contribution in [0.5, 0.6) is 0 Å². The second-order valence-corrected chi connectivity index (χ2v) is 6.01. The maximum atomic E-state index is 12.8. The van der Waals surface area contributed by atoms with Gasteiger partial charge in [0.05, 0.1) is 0 Å². The molecule has 1 N–H and O–H groups in total. The van der Waals surface area contributed by atoms with Crippen molar-refractivity contribution in [2.24, 2.45) is 0 Å². The average Bonchev–Trinajstić information content (AvgIpc) is 3.32. The molecule has 1 aliphatic carbocycles. The van der Waals surface area contributed by atoms with Gasteiger partial charge in [0, 0.05) is 39.3 Å². The van der Waals surface area contributed by atoms with Crippen molar-refractivity contribution in [2.75, 3.05) is 46.4 Å². The summed E-state index contributed by atoms with van der Waals surface area (Å²) in [7, 11) is 1.68. The number of ether oxygens (including phenoxy) is 1. The van der Waals surface area contributed by atoms with Crippen LogP contribution in [0.3, 0.4) is 0 Å². The third-order valence-corrected chi connectivity index (χ3v) is 4.86. The molecule has 2 saturated heterocycles. The Balaban J connectivity index is 1.59. The van der Waals surface area contributed by atoms with Gasteiger partial charge in [0.25, 0.3) is 5.91 Å². The number of carbonyl (C=O) groups is 1. The first-order valence-corrected chi connectivity index (χ1v) is 7.54. The van der Waals surface area contributed by atoms with Gasteiger partial charge in [-0.05, 0) is 38.8 Å². The third kappa shape index (κ3) is 2.64. The van der Waals surface area contributed by atoms with Crippen molar-refractivity contribution in [2.45, 2.75) is 37.3 Å². The predicted octanol–water partition coefficient (Wildman–Crippen LogP) is 0.0616. The van der Waals surface area contributed by atoms with Gasteiger partial charge in [0.15, 0.2) is 0 Å². The Morgan fingerprint density at radius 3 is 2.32 bits per heavy atom. The molecular weight excluding hydrogens is 242 g/mol. The number of methoxy groups -OCH3 is 1. The largest absolute Gasteiger partial charge is 0.368 e. The zero-order valence-corrected chi connectivity index (χ0v) is 11.9. The maximum absolute atomic E-state index is 12.8. The molecule has 0 radical (unpaired) electrons. The summed E-state index contributed by atoms with van der Waals surface area (Å²) in [6.45, 7) is 5.56. The van der Waals surface area contributed by atoms with E-state index in [4.69, 9.17) is 4.74 Å². The lowest BCUT2D eigenvalue weighted by atomic mass is 9.90. The number of hydrogen-bond acceptors (Lipinski definition) is 4. The van der Waals surface area contributed by atoms with E-state index in [1.807, 2.05) is 4.90 Å². The van der Waals surface area contributed by atoms with Crippen LogP contribution in [0, 0.1) is 0 Å². The molecule has 0 spiro atoms. The summed E-state index contributed by atoms with van der Waals surface area (Å²) in [6.07, 6.45) is 4.29. The molecule has 3 fully saturated rings. The first kappa shape index (κ1) is 13.3. The summed E-state index contributed by atoms with van der Waals surface area (Å²) in [5.41, 5.74) is -0.562. The van der Waals surface area contributed by atoms with E-state index in [1.165, 1.54) is 12.8 Å². The lowest BCUT2D eigenvalue weighted by Crippen LogP contribution is -2.59. The molecule has 3 rings (SSSR count). The van der Waals surface area contributed by atoms with E-state index in [9.17, 15) is 4.79 Å². The number of amides is 1. The summed E-state index contributed by atoms with van der Waals surface area (Å²) < 4.78 is 5.64. The molecule has 0 aromatic carbocycles. The molecule has 2 aliphatic heterocycles. The summed E-state index contributed by atoms with van der Waals surface area (Å²) in [6, 6.07) is 0.813. The first-order valence-electron chi connectivity index (χ1n) is 7.54. The highest BCUT2D eigenvalue weighted by molar-refractivity contribution is 5.85. The van der Waals surface area contributed by atoms with E-state index in [0.717, 1.165) is 58.2 Å². The average molecular weight is 267 g/mol. The predicted molar refractivity (Wildman–Crippen MR) is 73.0 cm³/mol. The molecule has 2 heterocycles. The highest BCUT2D eigenvalue weighted by atomic mass is 16.5. The Bertz CT molecular complexity index is 330. The number of rotatable bonds is 3. The minimum absolute atomic E-state index is 0.215. The second-order valence-electron chi connectivity index (χ2n) is 6.01. The molecular formula is C14H25N3O2. The summed E-state index contributed by atoms with van der Waals surface area (Å²) in [5.74, 6) is 0.215. The Morgan fingerprint density at radius 1 is 1.16 bits per heavy atom. The monoisotopic (exact) mass is 267 g/mol. The van der Waals surface area contributed by atoms with E-state index in [2.05, 4.69) is 10.2 Å². The van der Waals surface area contributed by atoms with Crippen LogP contribution in [0.15, 0.2) is 0 Å². The minimum Gasteiger partial charge on any atom is -0.368 e. The van der Waals surface area contributed by atoms with Crippen LogP contribution >= 0.6 is 0 Å². The Morgan fingerprint density at radius 2 is 1.79 bits per heavy atom. The van der Waals surface area contributed by atoms with Crippen molar-refractivity contribution in [3.63, 3.8) is 0 Å². The van der Waals surface area contributed by atoms with Crippen molar-refractivity contribution >= 4 is 5.91 Å². The quantitative estimate of drug-likeness (QED) is 0.785. The fraction of sp³-hybridized carbons (Fsp3) is 0.929. The number of hydrogen-bond donors (Lipinski definition) is 1. The number of piperazine rings is 1. The van der Waals surface area contributed by atoms with Crippen LogP contribution in [-0.2, 0) is 9.53 Å². The van der Waals surface area contributed by atoms with Gasteiger partial charge in [0.1, 0.15) is 5.60 Å². The molecule has 108 valence electrons. The first-order chi connectivity index (χ1) is 9.25. The number of piperidine rings is 1. The van der Waals surface area contributed by atoms with Crippen molar-refractivity contribution < 1.29 is 9.53 Å². The van der Waals surface area contributed by atoms with Crippen molar-refractivity contribution in [1.29, 1.82) is 0 Å². The summed E-state index contributed by atoms with van der Waals surface area (Å²) >= 11 is 0. The SMILES string of the molecule is COC1(C(=O)N2CCN(C3CC3)CC2)CCNCC1. The molecule has 1 amide bonds. The van der Waals surface area contributed by atoms with Crippen LogP contribution in [0.25, 0.3) is 0 Å². The number of nitrogens with one attached hydrogen (secondary N) is 1. The number of nitrogens with zero attached hydrogens (tertiary/aromatic N) is 2. The van der Waals surface area contributed by atoms with Crippen molar-refractivity contribution in [3.05, 3.63) is 0 Å². The molecule has 3 aliphatic rings. The fourth-order valence-corrected chi connectivity index (χ4v) is 3.35. The van der Waals surface area contributed by atoms with E-state index in [0.29, 0.717) is 0 Å². The summed E-state index contributed by atoms with van der Waals surface area (Å²) in [4.78, 5) is 17.3. The van der Waals surface area contributed by atoms with Crippen LogP contribution in [-0.4, -0.2) is 73.7 Å². The van der Waals surface area contributed by atoms with Gasteiger partial charge in [0.2, 0.25) is 0 Å². The van der Waals surface area contributed by atoms with Crippen molar-refractivity contribution in [3.8, 4) is 0 Å². The van der Waals surface area contributed by atoms with Gasteiger partial charge >= 0.3 is 0 Å². The molecule has 19 heavy (non-hydrogen) atoms. The standard InChI is InChI=1S/C14H25N3O2/c1-19-14(4-6-15-7-5-14)13(18)17-10-8-16(9-11-17)12-2-3-12/h12,15H,2-11H2,1H3. The lowest BCUT2D eigenvalue weighted by molar-refractivity contribution is -0.160. The van der Waals surface area contributed by atoms with Crippen LogP contribution < -0.4 is 5.32 Å². The smallest absolute Gasteiger partial charge is 0.254 e. The topological polar surface area (TPSA) is 44.8 Å². The number of carbonyl (C=O) groups excluding carboxylic acids is 1. The van der Waals surface area contributed by atoms with Gasteiger partial charge in [-0.3, -0.25) is 9.69 Å². The van der Waals surface area contributed by atoms with E-state index in [-0.39, 0.29) is 5.91 Å². The third-order valence-electron chi connectivity index (χ3n) is 4.86. The molecule has 0 atom stereocenters. The van der Waals surface area contributed by atoms with E-state index in [1.54, 1.807) is 7.11 Å². The van der Waals surface area contributed by atoms with E-state index < -0.39 is 5.60 Å². The van der Waals surface area contributed by atoms with Gasteiger partial charge < -0.3 is 15.0 Å². The molecule has 1 saturated carbocycles. The van der Waals surface area contributed by atoms with Crippen molar-refractivity contribution in [1.82, 2.24) is 15.1 Å². The van der Waals surface area contributed by atoms with Gasteiger partial charge in [-0.1, -0.05) is 0 Å². The Kier molecular flexibility index (Phi) is 3.78. The Hall–Kier alpha value is -0.650. The van der Waals surface area contributed by atoms with Crippen LogP contribution in [0.2, 0.25) is 0 Å². The molecule has 0 aromatic rings. The Labute approximate surface area is 115 Å². The lowest BCUT2D eigenvalue weighted by Gasteiger charge is -2.42. The highest BCUT2D eigenvalue weighted by Gasteiger charge is 2.43. The van der Waals surface area contributed by atoms with Crippen LogP contribution in [0.4, 0.5) is 0 Å². The normalized spacial score (nSPS) is 28.4. The zero-order chi connectivity index (χ0) is 13.3. The minimum atomic E-state index is -0.562. The van der Waals surface area contributed by atoms with Gasteiger partial charge in [-0.2, -0.15) is 0 Å². The molecule has 0 unspecified atom stereocenters. The molecule has 5 heteroatoms.